The van der Waals surface area contributed by atoms with Gasteiger partial charge in [-0.3, -0.25) is 0 Å². The fourth-order valence-electron chi connectivity index (χ4n) is 0.791. The Morgan fingerprint density at radius 1 is 1.07 bits per heavy atom. The van der Waals surface area contributed by atoms with Crippen molar-refractivity contribution in [3.05, 3.63) is 60.2 Å². The minimum atomic E-state index is -0.556. The molecule has 14 heavy (non-hydrogen) atoms. The summed E-state index contributed by atoms with van der Waals surface area (Å²) in [6, 6.07) is 18.2. The zero-order valence-electron chi connectivity index (χ0n) is 7.95. The molecule has 0 N–H and O–H groups in total. The van der Waals surface area contributed by atoms with Crippen molar-refractivity contribution in [2.75, 3.05) is 0 Å². The molecule has 0 aliphatic carbocycles. The maximum atomic E-state index is 4.89. The molecule has 0 nitrogen and oxygen atoms in total. The molecule has 0 bridgehead atoms. The first-order valence-corrected chi connectivity index (χ1v) is 8.42. The van der Waals surface area contributed by atoms with E-state index >= 15 is 0 Å². The predicted octanol–water partition coefficient (Wildman–Crippen LogP) is 4.50. The monoisotopic (exact) mass is 262 g/mol. The van der Waals surface area contributed by atoms with Crippen LogP contribution in [0.1, 0.15) is 5.56 Å². The van der Waals surface area contributed by atoms with E-state index in [-0.39, 0.29) is 0 Å². The Kier molecular flexibility index (Phi) is 11.1. The van der Waals surface area contributed by atoms with Crippen LogP contribution in [-0.2, 0) is 17.0 Å². The van der Waals surface area contributed by atoms with Crippen LogP contribution in [0.5, 0.6) is 0 Å². The van der Waals surface area contributed by atoms with Crippen molar-refractivity contribution in [2.45, 2.75) is 6.92 Å². The zero-order valence-corrected chi connectivity index (χ0v) is 11.0. The molecule has 0 amide bonds. The van der Waals surface area contributed by atoms with Gasteiger partial charge in [-0.25, -0.2) is 23.8 Å². The van der Waals surface area contributed by atoms with Crippen LogP contribution in [0.25, 0.3) is 0 Å². The SMILES string of the molecule is Cc1cc[cH-]c1.[Cl][Ti][Cl].c1cc[cH-]c1. The molecule has 0 fully saturated rings. The van der Waals surface area contributed by atoms with E-state index in [0.29, 0.717) is 0 Å². The largest absolute Gasteiger partial charge is 0.214 e. The van der Waals surface area contributed by atoms with Crippen LogP contribution in [0.4, 0.5) is 0 Å². The van der Waals surface area contributed by atoms with Crippen molar-refractivity contribution in [1.82, 2.24) is 0 Å². The average molecular weight is 263 g/mol. The van der Waals surface area contributed by atoms with Crippen LogP contribution in [0.15, 0.2) is 54.6 Å². The first-order valence-electron chi connectivity index (χ1n) is 4.12. The van der Waals surface area contributed by atoms with Crippen molar-refractivity contribution >= 4 is 18.6 Å². The topological polar surface area (TPSA) is 0 Å². The number of hydrogen-bond donors (Lipinski definition) is 0. The van der Waals surface area contributed by atoms with E-state index in [0.717, 1.165) is 0 Å². The normalized spacial score (nSPS) is 7.64. The van der Waals surface area contributed by atoms with Crippen molar-refractivity contribution in [3.8, 4) is 0 Å². The standard InChI is InChI=1S/C6H7.C5H5.2ClH.Ti/c1-6-4-2-3-5-6;1-2-4-5-3-1;;;/h2-5H,1H3;1-5H;2*1H;/q2*-1;;;+2/p-2. The third-order valence-corrected chi connectivity index (χ3v) is 1.38. The molecule has 2 aromatic rings. The van der Waals surface area contributed by atoms with Gasteiger partial charge in [0.1, 0.15) is 0 Å². The molecule has 2 aromatic carbocycles. The second kappa shape index (κ2) is 11.1. The molecule has 0 saturated carbocycles. The molecule has 2 rings (SSSR count). The molecule has 0 aliphatic heterocycles. The predicted molar refractivity (Wildman–Crippen MR) is 60.5 cm³/mol. The number of hydrogen-bond acceptors (Lipinski definition) is 0. The Labute approximate surface area is 102 Å². The molecular weight excluding hydrogens is 251 g/mol. The second-order valence-electron chi connectivity index (χ2n) is 2.50. The van der Waals surface area contributed by atoms with Gasteiger partial charge in [0.2, 0.25) is 0 Å². The summed E-state index contributed by atoms with van der Waals surface area (Å²) < 4.78 is 0. The minimum Gasteiger partial charge on any atom is -0.214 e. The summed E-state index contributed by atoms with van der Waals surface area (Å²) in [5.41, 5.74) is 1.34. The van der Waals surface area contributed by atoms with E-state index in [4.69, 9.17) is 18.6 Å². The Hall–Kier alpha value is -0.00571. The summed E-state index contributed by atoms with van der Waals surface area (Å²) in [6.07, 6.45) is 0. The quantitative estimate of drug-likeness (QED) is 0.485. The Balaban J connectivity index is 0.000000193. The van der Waals surface area contributed by atoms with E-state index in [2.05, 4.69) is 19.1 Å². The van der Waals surface area contributed by atoms with E-state index in [9.17, 15) is 0 Å². The first kappa shape index (κ1) is 14.0. The van der Waals surface area contributed by atoms with Gasteiger partial charge in [-0.1, -0.05) is 6.92 Å². The van der Waals surface area contributed by atoms with Crippen LogP contribution in [0.2, 0.25) is 0 Å². The number of aryl methyl sites for hydroxylation is 1. The number of halogens is 2. The molecule has 0 atom stereocenters. The Morgan fingerprint density at radius 3 is 1.79 bits per heavy atom. The molecule has 0 heterocycles. The first-order chi connectivity index (χ1) is 6.81. The summed E-state index contributed by atoms with van der Waals surface area (Å²) in [6.45, 7) is 2.08. The van der Waals surface area contributed by atoms with Crippen LogP contribution >= 0.6 is 18.6 Å². The fraction of sp³-hybridized carbons (Fsp3) is 0.0909. The summed E-state index contributed by atoms with van der Waals surface area (Å²) in [5, 5.41) is 0. The minimum absolute atomic E-state index is 0.556. The average Bonchev–Trinajstić information content (AvgIpc) is 2.78. The summed E-state index contributed by atoms with van der Waals surface area (Å²) in [7, 11) is 9.78. The van der Waals surface area contributed by atoms with Gasteiger partial charge >= 0.3 is 35.6 Å². The Bertz CT molecular complexity index is 244. The Morgan fingerprint density at radius 2 is 1.64 bits per heavy atom. The molecule has 3 heteroatoms. The van der Waals surface area contributed by atoms with E-state index in [1.54, 1.807) is 0 Å². The van der Waals surface area contributed by atoms with Gasteiger partial charge in [0.25, 0.3) is 0 Å². The molecule has 0 spiro atoms. The van der Waals surface area contributed by atoms with Gasteiger partial charge in [-0.2, -0.15) is 36.4 Å². The molecule has 0 radical (unpaired) electrons. The van der Waals surface area contributed by atoms with Crippen LogP contribution in [-0.4, -0.2) is 0 Å². The van der Waals surface area contributed by atoms with E-state index < -0.39 is 17.0 Å². The third kappa shape index (κ3) is 10.1. The molecule has 0 saturated heterocycles. The van der Waals surface area contributed by atoms with Crippen molar-refractivity contribution < 1.29 is 17.0 Å². The molecule has 0 aromatic heterocycles. The third-order valence-electron chi connectivity index (χ3n) is 1.38. The summed E-state index contributed by atoms with van der Waals surface area (Å²) in [5.74, 6) is 0. The van der Waals surface area contributed by atoms with E-state index in [1.807, 2.05) is 42.5 Å². The van der Waals surface area contributed by atoms with Gasteiger partial charge in [-0.05, 0) is 0 Å². The molecule has 0 aliphatic rings. The molecule has 0 unspecified atom stereocenters. The molecular formula is C11H12Cl2Ti-2. The maximum Gasteiger partial charge on any atom is -0.172 e. The summed E-state index contributed by atoms with van der Waals surface area (Å²) in [4.78, 5) is 0. The van der Waals surface area contributed by atoms with Crippen molar-refractivity contribution in [3.63, 3.8) is 0 Å². The van der Waals surface area contributed by atoms with Gasteiger partial charge < -0.3 is 0 Å². The van der Waals surface area contributed by atoms with Crippen LogP contribution in [0.3, 0.4) is 0 Å². The van der Waals surface area contributed by atoms with Gasteiger partial charge in [0.05, 0.1) is 0 Å². The van der Waals surface area contributed by atoms with Crippen molar-refractivity contribution in [2.24, 2.45) is 0 Å². The second-order valence-corrected chi connectivity index (χ2v) is 5.08. The van der Waals surface area contributed by atoms with Gasteiger partial charge in [0, 0.05) is 0 Å². The number of rotatable bonds is 0. The van der Waals surface area contributed by atoms with Gasteiger partial charge in [0.15, 0.2) is 0 Å². The smallest absolute Gasteiger partial charge is 0.172 e. The molecule has 76 valence electrons. The van der Waals surface area contributed by atoms with Crippen LogP contribution in [0, 0.1) is 6.92 Å². The zero-order chi connectivity index (χ0) is 10.6. The maximum absolute atomic E-state index is 4.89. The van der Waals surface area contributed by atoms with Crippen LogP contribution < -0.4 is 0 Å². The van der Waals surface area contributed by atoms with Crippen molar-refractivity contribution in [1.29, 1.82) is 0 Å². The van der Waals surface area contributed by atoms with Gasteiger partial charge in [-0.15, -0.1) is 0 Å². The van der Waals surface area contributed by atoms with E-state index in [1.165, 1.54) is 5.56 Å². The summed E-state index contributed by atoms with van der Waals surface area (Å²) >= 11 is -0.556. The fourth-order valence-corrected chi connectivity index (χ4v) is 0.791.